The third-order valence-electron chi connectivity index (χ3n) is 3.52. The van der Waals surface area contributed by atoms with Crippen LogP contribution >= 0.6 is 0 Å². The van der Waals surface area contributed by atoms with Crippen molar-refractivity contribution in [2.75, 3.05) is 31.2 Å². The molecule has 0 amide bonds. The van der Waals surface area contributed by atoms with E-state index in [0.29, 0.717) is 37.7 Å². The van der Waals surface area contributed by atoms with Crippen molar-refractivity contribution < 1.29 is 13.5 Å². The minimum Gasteiger partial charge on any atom is -0.378 e. The zero-order chi connectivity index (χ0) is 15.4. The third-order valence-corrected chi connectivity index (χ3v) is 3.52. The molecule has 2 aromatic rings. The Hall–Kier alpha value is -2.27. The summed E-state index contributed by atoms with van der Waals surface area (Å²) in [7, 11) is 0. The highest BCUT2D eigenvalue weighted by Gasteiger charge is 2.14. The monoisotopic (exact) mass is 302 g/mol. The lowest BCUT2D eigenvalue weighted by atomic mass is 10.2. The van der Waals surface area contributed by atoms with Crippen LogP contribution in [0.15, 0.2) is 47.5 Å². The fourth-order valence-corrected chi connectivity index (χ4v) is 2.33. The molecule has 3 nitrogen and oxygen atoms in total. The molecular formula is C17H16F2N2O. The molecule has 114 valence electrons. The van der Waals surface area contributed by atoms with Gasteiger partial charge in [-0.15, -0.1) is 0 Å². The Morgan fingerprint density at radius 3 is 2.41 bits per heavy atom. The maximum absolute atomic E-state index is 14.2. The van der Waals surface area contributed by atoms with Gasteiger partial charge in [-0.05, 0) is 29.8 Å². The van der Waals surface area contributed by atoms with Crippen LogP contribution in [0.3, 0.4) is 0 Å². The average Bonchev–Trinajstić information content (AvgIpc) is 2.55. The van der Waals surface area contributed by atoms with E-state index in [1.807, 2.05) is 4.90 Å². The summed E-state index contributed by atoms with van der Waals surface area (Å²) in [6.07, 6.45) is 1.59. The predicted octanol–water partition coefficient (Wildman–Crippen LogP) is 3.55. The Labute approximate surface area is 127 Å². The van der Waals surface area contributed by atoms with Crippen molar-refractivity contribution in [2.45, 2.75) is 0 Å². The standard InChI is InChI=1S/C17H16F2N2O/c18-14-3-1-13(2-4-14)12-20-15-5-6-17(16(19)11-15)21-7-9-22-10-8-21/h1-6,11-12H,7-10H2. The van der Waals surface area contributed by atoms with Gasteiger partial charge in [-0.3, -0.25) is 4.99 Å². The second kappa shape index (κ2) is 6.66. The molecule has 0 unspecified atom stereocenters. The zero-order valence-electron chi connectivity index (χ0n) is 12.0. The number of hydrogen-bond acceptors (Lipinski definition) is 3. The van der Waals surface area contributed by atoms with Crippen LogP contribution in [0, 0.1) is 11.6 Å². The first-order valence-corrected chi connectivity index (χ1v) is 7.14. The van der Waals surface area contributed by atoms with Gasteiger partial charge in [0.15, 0.2) is 0 Å². The average molecular weight is 302 g/mol. The second-order valence-electron chi connectivity index (χ2n) is 5.04. The normalized spacial score (nSPS) is 15.5. The van der Waals surface area contributed by atoms with Crippen molar-refractivity contribution in [3.05, 3.63) is 59.7 Å². The van der Waals surface area contributed by atoms with Gasteiger partial charge in [0.25, 0.3) is 0 Å². The molecule has 1 saturated heterocycles. The van der Waals surface area contributed by atoms with Gasteiger partial charge in [0.1, 0.15) is 11.6 Å². The van der Waals surface area contributed by atoms with E-state index >= 15 is 0 Å². The number of benzene rings is 2. The molecule has 0 aliphatic carbocycles. The van der Waals surface area contributed by atoms with E-state index in [9.17, 15) is 8.78 Å². The van der Waals surface area contributed by atoms with Crippen molar-refractivity contribution in [2.24, 2.45) is 4.99 Å². The van der Waals surface area contributed by atoms with E-state index in [1.165, 1.54) is 18.2 Å². The fourth-order valence-electron chi connectivity index (χ4n) is 2.33. The highest BCUT2D eigenvalue weighted by molar-refractivity contribution is 5.82. The third kappa shape index (κ3) is 3.49. The van der Waals surface area contributed by atoms with Crippen LogP contribution in [0.5, 0.6) is 0 Å². The molecule has 1 aliphatic rings. The SMILES string of the molecule is Fc1ccc(C=Nc2ccc(N3CCOCC3)c(F)c2)cc1. The summed E-state index contributed by atoms with van der Waals surface area (Å²) in [6.45, 7) is 2.61. The number of ether oxygens (including phenoxy) is 1. The summed E-state index contributed by atoms with van der Waals surface area (Å²) in [5, 5.41) is 0. The number of nitrogens with zero attached hydrogens (tertiary/aromatic N) is 2. The van der Waals surface area contributed by atoms with Gasteiger partial charge in [0.05, 0.1) is 24.6 Å². The van der Waals surface area contributed by atoms with Crippen LogP contribution in [0.2, 0.25) is 0 Å². The minimum absolute atomic E-state index is 0.293. The second-order valence-corrected chi connectivity index (χ2v) is 5.04. The summed E-state index contributed by atoms with van der Waals surface area (Å²) >= 11 is 0. The number of aliphatic imine (C=N–C) groups is 1. The summed E-state index contributed by atoms with van der Waals surface area (Å²) in [6, 6.07) is 10.9. The summed E-state index contributed by atoms with van der Waals surface area (Å²) in [4.78, 5) is 6.19. The molecule has 22 heavy (non-hydrogen) atoms. The molecule has 5 heteroatoms. The first kappa shape index (κ1) is 14.7. The number of morpholine rings is 1. The first-order chi connectivity index (χ1) is 10.7. The first-order valence-electron chi connectivity index (χ1n) is 7.14. The Morgan fingerprint density at radius 1 is 1.00 bits per heavy atom. The number of halogens is 2. The molecule has 1 fully saturated rings. The van der Waals surface area contributed by atoms with Gasteiger partial charge in [-0.2, -0.15) is 0 Å². The largest absolute Gasteiger partial charge is 0.378 e. The molecule has 0 N–H and O–H groups in total. The van der Waals surface area contributed by atoms with Crippen molar-refractivity contribution in [3.63, 3.8) is 0 Å². The molecule has 3 rings (SSSR count). The van der Waals surface area contributed by atoms with Crippen LogP contribution in [-0.4, -0.2) is 32.5 Å². The fraction of sp³-hybridized carbons (Fsp3) is 0.235. The van der Waals surface area contributed by atoms with E-state index in [4.69, 9.17) is 4.74 Å². The lowest BCUT2D eigenvalue weighted by Crippen LogP contribution is -2.36. The van der Waals surface area contributed by atoms with Crippen LogP contribution in [0.25, 0.3) is 0 Å². The molecule has 0 atom stereocenters. The van der Waals surface area contributed by atoms with Crippen molar-refractivity contribution in [3.8, 4) is 0 Å². The van der Waals surface area contributed by atoms with Crippen molar-refractivity contribution in [1.82, 2.24) is 0 Å². The Morgan fingerprint density at radius 2 is 1.73 bits per heavy atom. The zero-order valence-corrected chi connectivity index (χ0v) is 12.0. The lowest BCUT2D eigenvalue weighted by molar-refractivity contribution is 0.122. The van der Waals surface area contributed by atoms with E-state index in [0.717, 1.165) is 5.56 Å². The van der Waals surface area contributed by atoms with Crippen LogP contribution in [0.4, 0.5) is 20.2 Å². The molecule has 0 bridgehead atoms. The highest BCUT2D eigenvalue weighted by atomic mass is 19.1. The van der Waals surface area contributed by atoms with Crippen molar-refractivity contribution >= 4 is 17.6 Å². The molecule has 0 radical (unpaired) electrons. The number of rotatable bonds is 3. The number of anilines is 1. The summed E-state index contributed by atoms with van der Waals surface area (Å²) < 4.78 is 32.3. The van der Waals surface area contributed by atoms with Gasteiger partial charge in [-0.25, -0.2) is 8.78 Å². The van der Waals surface area contributed by atoms with E-state index in [-0.39, 0.29) is 11.6 Å². The molecule has 1 heterocycles. The maximum atomic E-state index is 14.2. The van der Waals surface area contributed by atoms with Crippen LogP contribution in [0.1, 0.15) is 5.56 Å². The van der Waals surface area contributed by atoms with Crippen molar-refractivity contribution in [1.29, 1.82) is 0 Å². The van der Waals surface area contributed by atoms with Gasteiger partial charge < -0.3 is 9.64 Å². The van der Waals surface area contributed by atoms with Crippen LogP contribution < -0.4 is 4.90 Å². The Kier molecular flexibility index (Phi) is 4.44. The van der Waals surface area contributed by atoms with Gasteiger partial charge in [0, 0.05) is 25.4 Å². The maximum Gasteiger partial charge on any atom is 0.148 e. The molecule has 2 aromatic carbocycles. The van der Waals surface area contributed by atoms with E-state index in [1.54, 1.807) is 30.5 Å². The molecular weight excluding hydrogens is 286 g/mol. The van der Waals surface area contributed by atoms with Gasteiger partial charge in [-0.1, -0.05) is 12.1 Å². The quantitative estimate of drug-likeness (QED) is 0.810. The Balaban J connectivity index is 1.75. The number of hydrogen-bond donors (Lipinski definition) is 0. The smallest absolute Gasteiger partial charge is 0.148 e. The topological polar surface area (TPSA) is 24.8 Å². The van der Waals surface area contributed by atoms with E-state index < -0.39 is 0 Å². The predicted molar refractivity (Wildman–Crippen MR) is 83.1 cm³/mol. The van der Waals surface area contributed by atoms with Crippen LogP contribution in [-0.2, 0) is 4.74 Å². The van der Waals surface area contributed by atoms with E-state index in [2.05, 4.69) is 4.99 Å². The summed E-state index contributed by atoms with van der Waals surface area (Å²) in [5.41, 5.74) is 1.86. The minimum atomic E-state index is -0.296. The summed E-state index contributed by atoms with van der Waals surface area (Å²) in [5.74, 6) is -0.589. The highest BCUT2D eigenvalue weighted by Crippen LogP contribution is 2.25. The molecule has 0 spiro atoms. The Bertz CT molecular complexity index is 665. The molecule has 1 aliphatic heterocycles. The molecule has 0 saturated carbocycles. The molecule has 0 aromatic heterocycles. The van der Waals surface area contributed by atoms with Gasteiger partial charge >= 0.3 is 0 Å². The van der Waals surface area contributed by atoms with Gasteiger partial charge in [0.2, 0.25) is 0 Å². The lowest BCUT2D eigenvalue weighted by Gasteiger charge is -2.29.